The molecule has 0 radical (unpaired) electrons. The first-order valence-corrected chi connectivity index (χ1v) is 9.63. The van der Waals surface area contributed by atoms with Crippen LogP contribution in [0.3, 0.4) is 0 Å². The van der Waals surface area contributed by atoms with E-state index in [9.17, 15) is 4.39 Å². The minimum atomic E-state index is -0.257. The predicted molar refractivity (Wildman–Crippen MR) is 108 cm³/mol. The predicted octanol–water partition coefficient (Wildman–Crippen LogP) is 3.30. The van der Waals surface area contributed by atoms with Gasteiger partial charge in [-0.15, -0.1) is 0 Å². The molecule has 1 saturated heterocycles. The average Bonchev–Trinajstić information content (AvgIpc) is 2.95. The first-order valence-electron chi connectivity index (χ1n) is 9.25. The maximum absolute atomic E-state index is 13.3. The number of aromatic nitrogens is 4. The SMILES string of the molecule is Cc1nn(C)c(Cl)c1CN1CCN(c2nccnc2-c2ccc(F)cc2)CC1. The van der Waals surface area contributed by atoms with E-state index in [-0.39, 0.29) is 5.82 Å². The van der Waals surface area contributed by atoms with E-state index < -0.39 is 0 Å². The van der Waals surface area contributed by atoms with Gasteiger partial charge in [0.2, 0.25) is 0 Å². The number of anilines is 1. The van der Waals surface area contributed by atoms with Gasteiger partial charge >= 0.3 is 0 Å². The molecule has 28 heavy (non-hydrogen) atoms. The van der Waals surface area contributed by atoms with Crippen LogP contribution in [0.1, 0.15) is 11.3 Å². The number of halogens is 2. The molecule has 2 aromatic heterocycles. The van der Waals surface area contributed by atoms with E-state index >= 15 is 0 Å². The molecule has 0 saturated carbocycles. The van der Waals surface area contributed by atoms with Gasteiger partial charge in [-0.3, -0.25) is 14.6 Å². The maximum atomic E-state index is 13.3. The number of rotatable bonds is 4. The zero-order chi connectivity index (χ0) is 19.7. The Balaban J connectivity index is 1.48. The molecule has 0 amide bonds. The molecule has 0 atom stereocenters. The quantitative estimate of drug-likeness (QED) is 0.672. The molecule has 0 bridgehead atoms. The standard InChI is InChI=1S/C20H22ClFN6/c1-14-17(19(21)26(2)25-14)13-27-9-11-28(12-10-27)20-18(23-7-8-24-20)15-3-5-16(22)6-4-15/h3-8H,9-13H2,1-2H3. The van der Waals surface area contributed by atoms with Gasteiger partial charge in [0.15, 0.2) is 5.82 Å². The van der Waals surface area contributed by atoms with Crippen molar-refractivity contribution in [2.24, 2.45) is 7.05 Å². The third kappa shape index (κ3) is 3.72. The average molecular weight is 401 g/mol. The Morgan fingerprint density at radius 3 is 2.36 bits per heavy atom. The molecular formula is C20H22ClFN6. The van der Waals surface area contributed by atoms with Crippen molar-refractivity contribution in [1.29, 1.82) is 0 Å². The van der Waals surface area contributed by atoms with Crippen molar-refractivity contribution >= 4 is 17.4 Å². The van der Waals surface area contributed by atoms with E-state index in [1.807, 2.05) is 14.0 Å². The molecule has 6 nitrogen and oxygen atoms in total. The third-order valence-corrected chi connectivity index (χ3v) is 5.59. The van der Waals surface area contributed by atoms with Crippen LogP contribution in [0.5, 0.6) is 0 Å². The highest BCUT2D eigenvalue weighted by molar-refractivity contribution is 6.30. The van der Waals surface area contributed by atoms with Gasteiger partial charge in [-0.05, 0) is 31.2 Å². The summed E-state index contributed by atoms with van der Waals surface area (Å²) in [5, 5.41) is 5.09. The van der Waals surface area contributed by atoms with E-state index in [4.69, 9.17) is 11.6 Å². The van der Waals surface area contributed by atoms with E-state index in [2.05, 4.69) is 24.9 Å². The van der Waals surface area contributed by atoms with Gasteiger partial charge < -0.3 is 4.90 Å². The summed E-state index contributed by atoms with van der Waals surface area (Å²) < 4.78 is 15.0. The topological polar surface area (TPSA) is 50.1 Å². The minimum Gasteiger partial charge on any atom is -0.352 e. The van der Waals surface area contributed by atoms with Crippen molar-refractivity contribution in [1.82, 2.24) is 24.6 Å². The smallest absolute Gasteiger partial charge is 0.155 e. The molecule has 1 aliphatic heterocycles. The number of piperazine rings is 1. The molecule has 0 N–H and O–H groups in total. The van der Waals surface area contributed by atoms with Gasteiger partial charge in [-0.1, -0.05) is 11.6 Å². The Hall–Kier alpha value is -2.51. The van der Waals surface area contributed by atoms with Crippen LogP contribution in [0.25, 0.3) is 11.3 Å². The molecule has 146 valence electrons. The molecule has 3 aromatic rings. The third-order valence-electron chi connectivity index (χ3n) is 5.12. The van der Waals surface area contributed by atoms with Crippen molar-refractivity contribution in [3.05, 3.63) is 58.9 Å². The fourth-order valence-electron chi connectivity index (χ4n) is 3.57. The molecule has 1 aliphatic rings. The normalized spacial score (nSPS) is 15.2. The van der Waals surface area contributed by atoms with Crippen LogP contribution in [0.15, 0.2) is 36.7 Å². The van der Waals surface area contributed by atoms with Crippen LogP contribution in [-0.4, -0.2) is 50.8 Å². The van der Waals surface area contributed by atoms with E-state index in [1.54, 1.807) is 29.2 Å². The van der Waals surface area contributed by atoms with Gasteiger partial charge in [-0.25, -0.2) is 9.37 Å². The van der Waals surface area contributed by atoms with Gasteiger partial charge in [0, 0.05) is 63.3 Å². The Morgan fingerprint density at radius 2 is 1.71 bits per heavy atom. The summed E-state index contributed by atoms with van der Waals surface area (Å²) in [6.45, 7) is 6.24. The van der Waals surface area contributed by atoms with Gasteiger partial charge in [0.1, 0.15) is 16.7 Å². The van der Waals surface area contributed by atoms with Crippen LogP contribution < -0.4 is 4.90 Å². The summed E-state index contributed by atoms with van der Waals surface area (Å²) in [7, 11) is 1.86. The largest absolute Gasteiger partial charge is 0.352 e. The fraction of sp³-hybridized carbons (Fsp3) is 0.350. The molecule has 1 fully saturated rings. The summed E-state index contributed by atoms with van der Waals surface area (Å²) in [5.74, 6) is 0.580. The van der Waals surface area contributed by atoms with E-state index in [0.29, 0.717) is 5.15 Å². The minimum absolute atomic E-state index is 0.257. The lowest BCUT2D eigenvalue weighted by Gasteiger charge is -2.35. The number of nitrogens with zero attached hydrogens (tertiary/aromatic N) is 6. The molecule has 4 rings (SSSR count). The van der Waals surface area contributed by atoms with Crippen LogP contribution >= 0.6 is 11.6 Å². The zero-order valence-corrected chi connectivity index (χ0v) is 16.7. The van der Waals surface area contributed by atoms with Crippen molar-refractivity contribution < 1.29 is 4.39 Å². The number of aryl methyl sites for hydroxylation is 2. The lowest BCUT2D eigenvalue weighted by molar-refractivity contribution is 0.249. The molecule has 1 aromatic carbocycles. The summed E-state index contributed by atoms with van der Waals surface area (Å²) in [6, 6.07) is 6.38. The first kappa shape index (κ1) is 18.8. The second-order valence-electron chi connectivity index (χ2n) is 6.98. The molecule has 0 spiro atoms. The Labute approximate surface area is 168 Å². The Morgan fingerprint density at radius 1 is 1.04 bits per heavy atom. The molecule has 3 heterocycles. The maximum Gasteiger partial charge on any atom is 0.155 e. The van der Waals surface area contributed by atoms with E-state index in [1.165, 1.54) is 12.1 Å². The van der Waals surface area contributed by atoms with Gasteiger partial charge in [-0.2, -0.15) is 5.10 Å². The highest BCUT2D eigenvalue weighted by Crippen LogP contribution is 2.28. The zero-order valence-electron chi connectivity index (χ0n) is 15.9. The summed E-state index contributed by atoms with van der Waals surface area (Å²) in [4.78, 5) is 13.7. The Bertz CT molecular complexity index is 963. The second kappa shape index (κ2) is 7.85. The van der Waals surface area contributed by atoms with Crippen molar-refractivity contribution in [3.63, 3.8) is 0 Å². The molecule has 0 aliphatic carbocycles. The second-order valence-corrected chi connectivity index (χ2v) is 7.34. The van der Waals surface area contributed by atoms with E-state index in [0.717, 1.165) is 61.1 Å². The van der Waals surface area contributed by atoms with Crippen molar-refractivity contribution in [2.75, 3.05) is 31.1 Å². The van der Waals surface area contributed by atoms with Crippen LogP contribution in [0.4, 0.5) is 10.2 Å². The molecule has 8 heteroatoms. The van der Waals surface area contributed by atoms with Crippen molar-refractivity contribution in [2.45, 2.75) is 13.5 Å². The lowest BCUT2D eigenvalue weighted by atomic mass is 10.1. The van der Waals surface area contributed by atoms with Crippen LogP contribution in [0, 0.1) is 12.7 Å². The summed E-state index contributed by atoms with van der Waals surface area (Å²) in [6.07, 6.45) is 3.37. The van der Waals surface area contributed by atoms with Gasteiger partial charge in [0.25, 0.3) is 0 Å². The molecule has 0 unspecified atom stereocenters. The number of hydrogen-bond acceptors (Lipinski definition) is 5. The monoisotopic (exact) mass is 400 g/mol. The highest BCUT2D eigenvalue weighted by Gasteiger charge is 2.23. The summed E-state index contributed by atoms with van der Waals surface area (Å²) >= 11 is 6.38. The summed E-state index contributed by atoms with van der Waals surface area (Å²) in [5.41, 5.74) is 3.71. The number of hydrogen-bond donors (Lipinski definition) is 0. The molecular weight excluding hydrogens is 379 g/mol. The van der Waals surface area contributed by atoms with Crippen molar-refractivity contribution in [3.8, 4) is 11.3 Å². The van der Waals surface area contributed by atoms with Crippen LogP contribution in [-0.2, 0) is 13.6 Å². The number of benzene rings is 1. The Kier molecular flexibility index (Phi) is 5.28. The first-order chi connectivity index (χ1) is 13.5. The highest BCUT2D eigenvalue weighted by atomic mass is 35.5. The van der Waals surface area contributed by atoms with Gasteiger partial charge in [0.05, 0.1) is 5.69 Å². The lowest BCUT2D eigenvalue weighted by Crippen LogP contribution is -2.46. The van der Waals surface area contributed by atoms with Crippen LogP contribution in [0.2, 0.25) is 5.15 Å². The fourth-order valence-corrected chi connectivity index (χ4v) is 3.80.